The van der Waals surface area contributed by atoms with Crippen LogP contribution in [-0.4, -0.2) is 11.5 Å². The minimum atomic E-state index is 0.763. The summed E-state index contributed by atoms with van der Waals surface area (Å²) >= 11 is 0. The molecule has 0 aliphatic carbocycles. The number of furan rings is 1. The number of nitrogens with zero attached hydrogens (tertiary/aromatic N) is 1. The molecule has 3 nitrogen and oxygen atoms in total. The van der Waals surface area contributed by atoms with Crippen LogP contribution >= 0.6 is 0 Å². The first-order valence-electron chi connectivity index (χ1n) is 5.83. The third kappa shape index (κ3) is 2.54. The molecule has 0 spiro atoms. The molecule has 1 N–H and O–H groups in total. The fraction of sp³-hybridized carbons (Fsp3) is 0.462. The van der Waals surface area contributed by atoms with E-state index in [0.29, 0.717) is 0 Å². The van der Waals surface area contributed by atoms with Gasteiger partial charge in [-0.2, -0.15) is 0 Å². The first-order chi connectivity index (χ1) is 7.77. The van der Waals surface area contributed by atoms with E-state index >= 15 is 0 Å². The summed E-state index contributed by atoms with van der Waals surface area (Å²) in [5, 5.41) is 4.42. The Balaban J connectivity index is 1.96. The van der Waals surface area contributed by atoms with E-state index in [1.807, 2.05) is 12.1 Å². The van der Waals surface area contributed by atoms with Crippen molar-refractivity contribution in [2.24, 2.45) is 5.92 Å². The van der Waals surface area contributed by atoms with Crippen LogP contribution in [0.4, 0.5) is 5.82 Å². The molecule has 2 heterocycles. The van der Waals surface area contributed by atoms with Crippen LogP contribution in [-0.2, 0) is 0 Å². The quantitative estimate of drug-likeness (QED) is 0.778. The van der Waals surface area contributed by atoms with Gasteiger partial charge in [-0.25, -0.2) is 4.98 Å². The van der Waals surface area contributed by atoms with Gasteiger partial charge in [0, 0.05) is 12.7 Å². The lowest BCUT2D eigenvalue weighted by atomic mass is 10.1. The Morgan fingerprint density at radius 3 is 3.06 bits per heavy atom. The number of hydrogen-bond donors (Lipinski definition) is 1. The summed E-state index contributed by atoms with van der Waals surface area (Å²) in [5.74, 6) is 1.69. The Morgan fingerprint density at radius 1 is 1.38 bits per heavy atom. The summed E-state index contributed by atoms with van der Waals surface area (Å²) in [6.07, 6.45) is 5.89. The van der Waals surface area contributed by atoms with E-state index in [0.717, 1.165) is 29.2 Å². The molecule has 0 saturated carbocycles. The summed E-state index contributed by atoms with van der Waals surface area (Å²) in [4.78, 5) is 4.32. The predicted molar refractivity (Wildman–Crippen MR) is 66.6 cm³/mol. The molecule has 2 aromatic heterocycles. The van der Waals surface area contributed by atoms with E-state index in [1.54, 1.807) is 12.5 Å². The SMILES string of the molecule is CC(C)CCCNc1nccc2occc12. The lowest BCUT2D eigenvalue weighted by Crippen LogP contribution is -2.04. The number of hydrogen-bond acceptors (Lipinski definition) is 3. The van der Waals surface area contributed by atoms with Crippen LogP contribution in [0.2, 0.25) is 0 Å². The van der Waals surface area contributed by atoms with E-state index in [-0.39, 0.29) is 0 Å². The van der Waals surface area contributed by atoms with Crippen LogP contribution in [0, 0.1) is 5.92 Å². The molecule has 0 radical (unpaired) electrons. The normalized spacial score (nSPS) is 11.2. The Bertz CT molecular complexity index is 448. The highest BCUT2D eigenvalue weighted by atomic mass is 16.3. The van der Waals surface area contributed by atoms with E-state index in [9.17, 15) is 0 Å². The molecule has 2 rings (SSSR count). The molecule has 0 fully saturated rings. The van der Waals surface area contributed by atoms with E-state index < -0.39 is 0 Å². The summed E-state index contributed by atoms with van der Waals surface area (Å²) in [6.45, 7) is 5.46. The van der Waals surface area contributed by atoms with Gasteiger partial charge in [-0.15, -0.1) is 0 Å². The van der Waals surface area contributed by atoms with E-state index in [2.05, 4.69) is 24.1 Å². The summed E-state index contributed by atoms with van der Waals surface area (Å²) in [7, 11) is 0. The molecule has 0 aliphatic heterocycles. The Hall–Kier alpha value is -1.51. The average Bonchev–Trinajstić information content (AvgIpc) is 2.72. The number of pyridine rings is 1. The van der Waals surface area contributed by atoms with Gasteiger partial charge in [-0.05, 0) is 30.9 Å². The largest absolute Gasteiger partial charge is 0.464 e. The van der Waals surface area contributed by atoms with Crippen LogP contribution in [0.1, 0.15) is 26.7 Å². The van der Waals surface area contributed by atoms with Crippen LogP contribution < -0.4 is 5.32 Å². The molecule has 0 aliphatic rings. The highest BCUT2D eigenvalue weighted by Crippen LogP contribution is 2.21. The van der Waals surface area contributed by atoms with Gasteiger partial charge in [0.15, 0.2) is 0 Å². The number of aromatic nitrogens is 1. The summed E-state index contributed by atoms with van der Waals surface area (Å²) < 4.78 is 5.32. The molecule has 0 saturated heterocycles. The topological polar surface area (TPSA) is 38.1 Å². The van der Waals surface area contributed by atoms with Gasteiger partial charge in [-0.1, -0.05) is 13.8 Å². The van der Waals surface area contributed by atoms with Crippen molar-refractivity contribution < 1.29 is 4.42 Å². The fourth-order valence-electron chi connectivity index (χ4n) is 1.75. The number of rotatable bonds is 5. The first kappa shape index (κ1) is 11.0. The Labute approximate surface area is 95.9 Å². The van der Waals surface area contributed by atoms with Crippen molar-refractivity contribution in [2.75, 3.05) is 11.9 Å². The summed E-state index contributed by atoms with van der Waals surface area (Å²) in [6, 6.07) is 3.84. The van der Waals surface area contributed by atoms with Gasteiger partial charge in [-0.3, -0.25) is 0 Å². The van der Waals surface area contributed by atoms with Crippen molar-refractivity contribution in [1.29, 1.82) is 0 Å². The molecule has 0 unspecified atom stereocenters. The standard InChI is InChI=1S/C13H18N2O/c1-10(2)4-3-7-14-13-11-6-9-16-12(11)5-8-15-13/h5-6,8-10H,3-4,7H2,1-2H3,(H,14,15). The van der Waals surface area contributed by atoms with E-state index in [4.69, 9.17) is 4.42 Å². The number of nitrogens with one attached hydrogen (secondary N) is 1. The molecule has 0 amide bonds. The van der Waals surface area contributed by atoms with Crippen molar-refractivity contribution in [3.63, 3.8) is 0 Å². The lowest BCUT2D eigenvalue weighted by Gasteiger charge is -2.07. The van der Waals surface area contributed by atoms with Crippen LogP contribution in [0.15, 0.2) is 29.0 Å². The molecule has 0 bridgehead atoms. The van der Waals surface area contributed by atoms with Gasteiger partial charge < -0.3 is 9.73 Å². The second-order valence-electron chi connectivity index (χ2n) is 4.45. The molecule has 16 heavy (non-hydrogen) atoms. The van der Waals surface area contributed by atoms with Gasteiger partial charge in [0.05, 0.1) is 11.6 Å². The Morgan fingerprint density at radius 2 is 2.25 bits per heavy atom. The molecule has 0 atom stereocenters. The van der Waals surface area contributed by atoms with Crippen molar-refractivity contribution in [3.05, 3.63) is 24.6 Å². The van der Waals surface area contributed by atoms with Gasteiger partial charge >= 0.3 is 0 Å². The average molecular weight is 218 g/mol. The highest BCUT2D eigenvalue weighted by molar-refractivity contribution is 5.87. The second kappa shape index (κ2) is 5.01. The highest BCUT2D eigenvalue weighted by Gasteiger charge is 2.03. The zero-order valence-corrected chi connectivity index (χ0v) is 9.86. The van der Waals surface area contributed by atoms with Crippen molar-refractivity contribution in [2.45, 2.75) is 26.7 Å². The molecule has 2 aromatic rings. The van der Waals surface area contributed by atoms with Crippen LogP contribution in [0.25, 0.3) is 11.0 Å². The minimum Gasteiger partial charge on any atom is -0.464 e. The van der Waals surface area contributed by atoms with Gasteiger partial charge in [0.25, 0.3) is 0 Å². The molecular formula is C13H18N2O. The molecule has 0 aromatic carbocycles. The van der Waals surface area contributed by atoms with E-state index in [1.165, 1.54) is 12.8 Å². The maximum atomic E-state index is 5.32. The monoisotopic (exact) mass is 218 g/mol. The van der Waals surface area contributed by atoms with Crippen LogP contribution in [0.5, 0.6) is 0 Å². The maximum Gasteiger partial charge on any atom is 0.139 e. The van der Waals surface area contributed by atoms with Gasteiger partial charge in [0.1, 0.15) is 11.4 Å². The number of anilines is 1. The van der Waals surface area contributed by atoms with Crippen LogP contribution in [0.3, 0.4) is 0 Å². The molecule has 3 heteroatoms. The predicted octanol–water partition coefficient (Wildman–Crippen LogP) is 3.68. The maximum absolute atomic E-state index is 5.32. The van der Waals surface area contributed by atoms with Crippen molar-refractivity contribution in [1.82, 2.24) is 4.98 Å². The van der Waals surface area contributed by atoms with Crippen molar-refractivity contribution in [3.8, 4) is 0 Å². The third-order valence-electron chi connectivity index (χ3n) is 2.63. The first-order valence-corrected chi connectivity index (χ1v) is 5.83. The summed E-state index contributed by atoms with van der Waals surface area (Å²) in [5.41, 5.74) is 0.890. The smallest absolute Gasteiger partial charge is 0.139 e. The second-order valence-corrected chi connectivity index (χ2v) is 4.45. The molecular weight excluding hydrogens is 200 g/mol. The zero-order chi connectivity index (χ0) is 11.4. The number of fused-ring (bicyclic) bond motifs is 1. The lowest BCUT2D eigenvalue weighted by molar-refractivity contribution is 0.567. The molecule has 86 valence electrons. The van der Waals surface area contributed by atoms with Crippen molar-refractivity contribution >= 4 is 16.8 Å². The minimum absolute atomic E-state index is 0.763. The zero-order valence-electron chi connectivity index (χ0n) is 9.86. The van der Waals surface area contributed by atoms with Gasteiger partial charge in [0.2, 0.25) is 0 Å². The third-order valence-corrected chi connectivity index (χ3v) is 2.63. The Kier molecular flexibility index (Phi) is 3.44. The fourth-order valence-corrected chi connectivity index (χ4v) is 1.75.